The Morgan fingerprint density at radius 3 is 2.60 bits per heavy atom. The number of nitrogens with one attached hydrogen (secondary N) is 2. The summed E-state index contributed by atoms with van der Waals surface area (Å²) in [5, 5.41) is 6.77. The van der Waals surface area contributed by atoms with Gasteiger partial charge in [-0.05, 0) is 45.0 Å². The average Bonchev–Trinajstić information content (AvgIpc) is 3.42. The Labute approximate surface area is 167 Å². The van der Waals surface area contributed by atoms with Gasteiger partial charge in [0, 0.05) is 19.6 Å². The van der Waals surface area contributed by atoms with E-state index in [0.717, 1.165) is 29.9 Å². The van der Waals surface area contributed by atoms with Crippen LogP contribution in [0.25, 0.3) is 0 Å². The van der Waals surface area contributed by atoms with Gasteiger partial charge in [0.1, 0.15) is 12.7 Å². The number of rotatable bonds is 6. The molecule has 0 aromatic heterocycles. The van der Waals surface area contributed by atoms with Gasteiger partial charge >= 0.3 is 0 Å². The molecular formula is C18H29IN4O2. The quantitative estimate of drug-likeness (QED) is 0.386. The third-order valence-electron chi connectivity index (χ3n) is 4.60. The van der Waals surface area contributed by atoms with Crippen molar-refractivity contribution in [2.45, 2.75) is 25.0 Å². The summed E-state index contributed by atoms with van der Waals surface area (Å²) in [5.41, 5.74) is 0. The molecule has 25 heavy (non-hydrogen) atoms. The molecule has 140 valence electrons. The second-order valence-corrected chi connectivity index (χ2v) is 6.70. The van der Waals surface area contributed by atoms with Crippen molar-refractivity contribution in [1.82, 2.24) is 15.5 Å². The Morgan fingerprint density at radius 2 is 1.96 bits per heavy atom. The number of hydrogen-bond acceptors (Lipinski definition) is 4. The molecule has 2 aliphatic rings. The third-order valence-corrected chi connectivity index (χ3v) is 4.60. The second kappa shape index (κ2) is 9.47. The van der Waals surface area contributed by atoms with Crippen molar-refractivity contribution in [2.75, 3.05) is 40.8 Å². The first-order chi connectivity index (χ1) is 11.7. The lowest BCUT2D eigenvalue weighted by Gasteiger charge is -2.28. The number of fused-ring (bicyclic) bond motifs is 1. The average molecular weight is 460 g/mol. The van der Waals surface area contributed by atoms with Gasteiger partial charge in [-0.25, -0.2) is 0 Å². The standard InChI is InChI=1S/C18H28N4O2.HI/c1-19-18(21-11-15(22(2)3)13-8-9-13)20-10-14-12-23-16-6-4-5-7-17(16)24-14;/h4-7,13-15H,8-12H2,1-3H3,(H2,19,20,21);1H. The molecule has 1 aliphatic carbocycles. The van der Waals surface area contributed by atoms with Crippen LogP contribution in [0.5, 0.6) is 11.5 Å². The fourth-order valence-electron chi connectivity index (χ4n) is 3.05. The van der Waals surface area contributed by atoms with Crippen molar-refractivity contribution in [3.8, 4) is 11.5 Å². The molecule has 2 atom stereocenters. The molecule has 0 spiro atoms. The third kappa shape index (κ3) is 5.64. The summed E-state index contributed by atoms with van der Waals surface area (Å²) in [6.45, 7) is 2.11. The molecule has 0 saturated heterocycles. The van der Waals surface area contributed by atoms with E-state index in [0.29, 0.717) is 19.2 Å². The van der Waals surface area contributed by atoms with Gasteiger partial charge in [-0.3, -0.25) is 4.99 Å². The summed E-state index contributed by atoms with van der Waals surface area (Å²) in [6.07, 6.45) is 2.65. The van der Waals surface area contributed by atoms with Crippen LogP contribution in [0.1, 0.15) is 12.8 Å². The van der Waals surface area contributed by atoms with Gasteiger partial charge in [-0.2, -0.15) is 0 Å². The molecule has 0 radical (unpaired) electrons. The lowest BCUT2D eigenvalue weighted by Crippen LogP contribution is -2.49. The number of halogens is 1. The highest BCUT2D eigenvalue weighted by molar-refractivity contribution is 14.0. The van der Waals surface area contributed by atoms with Crippen LogP contribution in [0.2, 0.25) is 0 Å². The van der Waals surface area contributed by atoms with E-state index in [2.05, 4.69) is 34.6 Å². The molecule has 0 amide bonds. The number of para-hydroxylation sites is 2. The molecule has 7 heteroatoms. The first kappa shape index (κ1) is 20.1. The van der Waals surface area contributed by atoms with E-state index in [4.69, 9.17) is 9.47 Å². The smallest absolute Gasteiger partial charge is 0.191 e. The van der Waals surface area contributed by atoms with Crippen molar-refractivity contribution < 1.29 is 9.47 Å². The van der Waals surface area contributed by atoms with Gasteiger partial charge < -0.3 is 25.0 Å². The van der Waals surface area contributed by atoms with E-state index in [-0.39, 0.29) is 30.1 Å². The summed E-state index contributed by atoms with van der Waals surface area (Å²) < 4.78 is 11.7. The number of likely N-dealkylation sites (N-methyl/N-ethyl adjacent to an activating group) is 1. The fraction of sp³-hybridized carbons (Fsp3) is 0.611. The zero-order valence-electron chi connectivity index (χ0n) is 15.2. The molecule has 1 aromatic rings. The molecule has 3 rings (SSSR count). The normalized spacial score (nSPS) is 20.6. The number of hydrogen-bond donors (Lipinski definition) is 2. The van der Waals surface area contributed by atoms with Gasteiger partial charge in [0.2, 0.25) is 0 Å². The van der Waals surface area contributed by atoms with Gasteiger partial charge in [-0.15, -0.1) is 24.0 Å². The predicted molar refractivity (Wildman–Crippen MR) is 111 cm³/mol. The van der Waals surface area contributed by atoms with E-state index < -0.39 is 0 Å². The molecule has 1 heterocycles. The minimum Gasteiger partial charge on any atom is -0.486 e. The van der Waals surface area contributed by atoms with Crippen molar-refractivity contribution >= 4 is 29.9 Å². The lowest BCUT2D eigenvalue weighted by molar-refractivity contribution is 0.0936. The highest BCUT2D eigenvalue weighted by Crippen LogP contribution is 2.34. The fourth-order valence-corrected chi connectivity index (χ4v) is 3.05. The molecule has 6 nitrogen and oxygen atoms in total. The maximum absolute atomic E-state index is 5.96. The van der Waals surface area contributed by atoms with Crippen molar-refractivity contribution in [3.63, 3.8) is 0 Å². The van der Waals surface area contributed by atoms with Crippen LogP contribution in [-0.2, 0) is 0 Å². The van der Waals surface area contributed by atoms with Crippen molar-refractivity contribution in [2.24, 2.45) is 10.9 Å². The Kier molecular flexibility index (Phi) is 7.61. The largest absolute Gasteiger partial charge is 0.486 e. The van der Waals surface area contributed by atoms with E-state index in [1.165, 1.54) is 12.8 Å². The maximum atomic E-state index is 5.96. The molecule has 2 N–H and O–H groups in total. The van der Waals surface area contributed by atoms with Crippen LogP contribution >= 0.6 is 24.0 Å². The number of guanidine groups is 1. The molecule has 2 unspecified atom stereocenters. The van der Waals surface area contributed by atoms with Crippen molar-refractivity contribution in [1.29, 1.82) is 0 Å². The molecular weight excluding hydrogens is 431 g/mol. The van der Waals surface area contributed by atoms with Gasteiger partial charge in [-0.1, -0.05) is 12.1 Å². The zero-order chi connectivity index (χ0) is 16.9. The number of nitrogens with zero attached hydrogens (tertiary/aromatic N) is 2. The molecule has 0 bridgehead atoms. The SMILES string of the molecule is CN=C(NCC1COc2ccccc2O1)NCC(C1CC1)N(C)C.I. The summed E-state index contributed by atoms with van der Waals surface area (Å²) >= 11 is 0. The van der Waals surface area contributed by atoms with E-state index in [9.17, 15) is 0 Å². The number of aliphatic imine (C=N–C) groups is 1. The van der Waals surface area contributed by atoms with Crippen LogP contribution in [0.4, 0.5) is 0 Å². The van der Waals surface area contributed by atoms with E-state index in [1.807, 2.05) is 24.3 Å². The molecule has 1 saturated carbocycles. The lowest BCUT2D eigenvalue weighted by atomic mass is 10.1. The number of benzene rings is 1. The summed E-state index contributed by atoms with van der Waals surface area (Å²) in [4.78, 5) is 6.61. The predicted octanol–water partition coefficient (Wildman–Crippen LogP) is 1.95. The van der Waals surface area contributed by atoms with Gasteiger partial charge in [0.25, 0.3) is 0 Å². The Hall–Kier alpha value is -1.22. The highest BCUT2D eigenvalue weighted by Gasteiger charge is 2.32. The van der Waals surface area contributed by atoms with Crippen LogP contribution in [0, 0.1) is 5.92 Å². The maximum Gasteiger partial charge on any atom is 0.191 e. The van der Waals surface area contributed by atoms with Crippen molar-refractivity contribution in [3.05, 3.63) is 24.3 Å². The summed E-state index contributed by atoms with van der Waals surface area (Å²) in [7, 11) is 6.08. The van der Waals surface area contributed by atoms with Gasteiger partial charge in [0.15, 0.2) is 17.5 Å². The zero-order valence-corrected chi connectivity index (χ0v) is 17.5. The first-order valence-corrected chi connectivity index (χ1v) is 8.67. The molecule has 1 aromatic carbocycles. The van der Waals surface area contributed by atoms with Crippen LogP contribution in [0.15, 0.2) is 29.3 Å². The van der Waals surface area contributed by atoms with E-state index in [1.54, 1.807) is 7.05 Å². The monoisotopic (exact) mass is 460 g/mol. The molecule has 1 fully saturated rings. The Bertz CT molecular complexity index is 576. The second-order valence-electron chi connectivity index (χ2n) is 6.70. The highest BCUT2D eigenvalue weighted by atomic mass is 127. The summed E-state index contributed by atoms with van der Waals surface area (Å²) in [5.74, 6) is 3.25. The van der Waals surface area contributed by atoms with Crippen LogP contribution in [-0.4, -0.2) is 63.8 Å². The first-order valence-electron chi connectivity index (χ1n) is 8.67. The Balaban J connectivity index is 0.00000225. The van der Waals surface area contributed by atoms with E-state index >= 15 is 0 Å². The van der Waals surface area contributed by atoms with Gasteiger partial charge in [0.05, 0.1) is 6.54 Å². The number of ether oxygens (including phenoxy) is 2. The van der Waals surface area contributed by atoms with Crippen LogP contribution in [0.3, 0.4) is 0 Å². The molecule has 1 aliphatic heterocycles. The summed E-state index contributed by atoms with van der Waals surface area (Å²) in [6, 6.07) is 8.33. The Morgan fingerprint density at radius 1 is 1.24 bits per heavy atom. The van der Waals surface area contributed by atoms with Crippen LogP contribution < -0.4 is 20.1 Å². The minimum atomic E-state index is -0.0217. The topological polar surface area (TPSA) is 58.1 Å². The minimum absolute atomic E-state index is 0.